The van der Waals surface area contributed by atoms with Gasteiger partial charge in [-0.1, -0.05) is 31.8 Å². The molecule has 0 atom stereocenters. The van der Waals surface area contributed by atoms with E-state index in [1.54, 1.807) is 0 Å². The van der Waals surface area contributed by atoms with E-state index in [1.165, 1.54) is 0 Å². The first-order valence-corrected chi connectivity index (χ1v) is 7.17. The van der Waals surface area contributed by atoms with Crippen molar-refractivity contribution >= 4 is 11.9 Å². The standard InChI is InChI=1S/C13H23N5O2/c1-9(2)15-7-12-16-17-13(20-12)18(8-11(14)19)10-5-3-4-6-10/h9-10,15H,3-8H2,1-2H3,(H2,14,19). The number of primary amides is 1. The van der Waals surface area contributed by atoms with E-state index in [9.17, 15) is 4.79 Å². The Balaban J connectivity index is 2.05. The number of carbonyl (C=O) groups excluding carboxylic acids is 1. The Kier molecular flexibility index (Phi) is 4.94. The van der Waals surface area contributed by atoms with Gasteiger partial charge in [-0.05, 0) is 12.8 Å². The molecule has 0 saturated heterocycles. The Labute approximate surface area is 118 Å². The van der Waals surface area contributed by atoms with Crippen molar-refractivity contribution in [2.45, 2.75) is 58.2 Å². The van der Waals surface area contributed by atoms with Gasteiger partial charge in [0.2, 0.25) is 11.8 Å². The molecule has 0 unspecified atom stereocenters. The first kappa shape index (κ1) is 14.8. The number of carbonyl (C=O) groups is 1. The predicted octanol–water partition coefficient (Wildman–Crippen LogP) is 0.802. The first-order chi connectivity index (χ1) is 9.56. The molecule has 0 spiro atoms. The van der Waals surface area contributed by atoms with Crippen LogP contribution in [-0.4, -0.2) is 34.7 Å². The molecule has 0 aliphatic heterocycles. The van der Waals surface area contributed by atoms with Crippen molar-refractivity contribution in [2.75, 3.05) is 11.4 Å². The van der Waals surface area contributed by atoms with Gasteiger partial charge in [-0.2, -0.15) is 0 Å². The molecule has 2 rings (SSSR count). The van der Waals surface area contributed by atoms with E-state index in [4.69, 9.17) is 10.2 Å². The SMILES string of the molecule is CC(C)NCc1nnc(N(CC(N)=O)C2CCCC2)o1. The van der Waals surface area contributed by atoms with Crippen molar-refractivity contribution in [2.24, 2.45) is 5.73 Å². The third kappa shape index (κ3) is 3.93. The summed E-state index contributed by atoms with van der Waals surface area (Å²) in [5, 5.41) is 11.3. The van der Waals surface area contributed by atoms with Crippen LogP contribution in [0.5, 0.6) is 0 Å². The number of anilines is 1. The van der Waals surface area contributed by atoms with E-state index in [1.807, 2.05) is 4.90 Å². The van der Waals surface area contributed by atoms with Crippen LogP contribution in [0.2, 0.25) is 0 Å². The lowest BCUT2D eigenvalue weighted by molar-refractivity contribution is -0.116. The highest BCUT2D eigenvalue weighted by Gasteiger charge is 2.27. The van der Waals surface area contributed by atoms with Crippen LogP contribution in [0.15, 0.2) is 4.42 Å². The maximum Gasteiger partial charge on any atom is 0.318 e. The fourth-order valence-electron chi connectivity index (χ4n) is 2.46. The molecule has 0 radical (unpaired) electrons. The minimum atomic E-state index is -0.378. The first-order valence-electron chi connectivity index (χ1n) is 7.17. The van der Waals surface area contributed by atoms with Gasteiger partial charge in [0.05, 0.1) is 6.54 Å². The largest absolute Gasteiger partial charge is 0.407 e. The Hall–Kier alpha value is -1.63. The van der Waals surface area contributed by atoms with Gasteiger partial charge in [0.1, 0.15) is 6.54 Å². The number of amides is 1. The molecular weight excluding hydrogens is 258 g/mol. The van der Waals surface area contributed by atoms with Crippen molar-refractivity contribution in [3.05, 3.63) is 5.89 Å². The molecule has 1 aromatic heterocycles. The Morgan fingerprint density at radius 1 is 1.45 bits per heavy atom. The van der Waals surface area contributed by atoms with Gasteiger partial charge >= 0.3 is 6.01 Å². The molecule has 1 aliphatic carbocycles. The van der Waals surface area contributed by atoms with E-state index < -0.39 is 0 Å². The van der Waals surface area contributed by atoms with Gasteiger partial charge in [0.25, 0.3) is 0 Å². The second kappa shape index (κ2) is 6.69. The van der Waals surface area contributed by atoms with Gasteiger partial charge in [0.15, 0.2) is 0 Å². The molecule has 3 N–H and O–H groups in total. The molecule has 1 heterocycles. The van der Waals surface area contributed by atoms with Crippen LogP contribution in [0.25, 0.3) is 0 Å². The summed E-state index contributed by atoms with van der Waals surface area (Å²) < 4.78 is 5.64. The second-order valence-electron chi connectivity index (χ2n) is 5.55. The van der Waals surface area contributed by atoms with Crippen LogP contribution in [0.1, 0.15) is 45.4 Å². The van der Waals surface area contributed by atoms with Crippen molar-refractivity contribution in [3.8, 4) is 0 Å². The van der Waals surface area contributed by atoms with Gasteiger partial charge in [-0.25, -0.2) is 0 Å². The number of nitrogens with zero attached hydrogens (tertiary/aromatic N) is 3. The molecule has 0 bridgehead atoms. The minimum Gasteiger partial charge on any atom is -0.407 e. The third-order valence-corrected chi connectivity index (χ3v) is 3.46. The third-order valence-electron chi connectivity index (χ3n) is 3.46. The zero-order valence-electron chi connectivity index (χ0n) is 12.1. The molecule has 1 aromatic rings. The quantitative estimate of drug-likeness (QED) is 0.767. The van der Waals surface area contributed by atoms with Gasteiger partial charge in [0, 0.05) is 12.1 Å². The summed E-state index contributed by atoms with van der Waals surface area (Å²) in [6.45, 7) is 4.76. The van der Waals surface area contributed by atoms with Gasteiger partial charge in [-0.15, -0.1) is 5.10 Å². The minimum absolute atomic E-state index is 0.129. The fourth-order valence-corrected chi connectivity index (χ4v) is 2.46. The number of nitrogens with two attached hydrogens (primary N) is 1. The lowest BCUT2D eigenvalue weighted by Gasteiger charge is -2.25. The predicted molar refractivity (Wildman–Crippen MR) is 75.1 cm³/mol. The Morgan fingerprint density at radius 2 is 2.15 bits per heavy atom. The van der Waals surface area contributed by atoms with E-state index in [2.05, 4.69) is 29.4 Å². The molecule has 1 aliphatic rings. The topological polar surface area (TPSA) is 97.3 Å². The van der Waals surface area contributed by atoms with Crippen molar-refractivity contribution in [3.63, 3.8) is 0 Å². The number of aromatic nitrogens is 2. The van der Waals surface area contributed by atoms with Gasteiger partial charge < -0.3 is 20.4 Å². The molecule has 0 aromatic carbocycles. The Bertz CT molecular complexity index is 440. The normalized spacial score (nSPS) is 15.9. The van der Waals surface area contributed by atoms with Crippen LogP contribution in [0.3, 0.4) is 0 Å². The molecule has 1 amide bonds. The zero-order valence-corrected chi connectivity index (χ0v) is 12.1. The Morgan fingerprint density at radius 3 is 2.75 bits per heavy atom. The smallest absolute Gasteiger partial charge is 0.318 e. The molecule has 1 saturated carbocycles. The van der Waals surface area contributed by atoms with Crippen LogP contribution in [0, 0.1) is 0 Å². The highest BCUT2D eigenvalue weighted by atomic mass is 16.4. The summed E-state index contributed by atoms with van der Waals surface area (Å²) in [5.74, 6) is 0.151. The summed E-state index contributed by atoms with van der Waals surface area (Å²) >= 11 is 0. The monoisotopic (exact) mass is 281 g/mol. The lowest BCUT2D eigenvalue weighted by Crippen LogP contribution is -2.40. The molecule has 112 valence electrons. The lowest BCUT2D eigenvalue weighted by atomic mass is 10.2. The average molecular weight is 281 g/mol. The number of hydrogen-bond donors (Lipinski definition) is 2. The summed E-state index contributed by atoms with van der Waals surface area (Å²) in [4.78, 5) is 13.1. The highest BCUT2D eigenvalue weighted by Crippen LogP contribution is 2.27. The van der Waals surface area contributed by atoms with Crippen molar-refractivity contribution in [1.29, 1.82) is 0 Å². The van der Waals surface area contributed by atoms with Crippen LogP contribution >= 0.6 is 0 Å². The van der Waals surface area contributed by atoms with E-state index in [-0.39, 0.29) is 18.5 Å². The van der Waals surface area contributed by atoms with Crippen LogP contribution in [0.4, 0.5) is 6.01 Å². The molecular formula is C13H23N5O2. The van der Waals surface area contributed by atoms with E-state index in [0.717, 1.165) is 25.7 Å². The van der Waals surface area contributed by atoms with E-state index >= 15 is 0 Å². The zero-order chi connectivity index (χ0) is 14.5. The summed E-state index contributed by atoms with van der Waals surface area (Å²) in [5.41, 5.74) is 5.32. The van der Waals surface area contributed by atoms with Crippen LogP contribution in [-0.2, 0) is 11.3 Å². The molecule has 1 fully saturated rings. The number of nitrogens with one attached hydrogen (secondary N) is 1. The maximum atomic E-state index is 11.2. The fraction of sp³-hybridized carbons (Fsp3) is 0.769. The second-order valence-corrected chi connectivity index (χ2v) is 5.55. The van der Waals surface area contributed by atoms with E-state index in [0.29, 0.717) is 24.5 Å². The summed E-state index contributed by atoms with van der Waals surface area (Å²) in [6, 6.07) is 1.02. The highest BCUT2D eigenvalue weighted by molar-refractivity contribution is 5.78. The van der Waals surface area contributed by atoms with Crippen molar-refractivity contribution < 1.29 is 9.21 Å². The molecule has 7 heteroatoms. The summed E-state index contributed by atoms with van der Waals surface area (Å²) in [6.07, 6.45) is 4.40. The average Bonchev–Trinajstić information content (AvgIpc) is 3.05. The van der Waals surface area contributed by atoms with Gasteiger partial charge in [-0.3, -0.25) is 4.79 Å². The maximum absolute atomic E-state index is 11.2. The molecule has 20 heavy (non-hydrogen) atoms. The van der Waals surface area contributed by atoms with Crippen molar-refractivity contribution in [1.82, 2.24) is 15.5 Å². The van der Waals surface area contributed by atoms with Crippen LogP contribution < -0.4 is 16.0 Å². The number of hydrogen-bond acceptors (Lipinski definition) is 6. The molecule has 7 nitrogen and oxygen atoms in total. The number of rotatable bonds is 7. The summed E-state index contributed by atoms with van der Waals surface area (Å²) in [7, 11) is 0.